The van der Waals surface area contributed by atoms with E-state index in [0.717, 1.165) is 5.69 Å². The van der Waals surface area contributed by atoms with Gasteiger partial charge in [-0.15, -0.1) is 0 Å². The molecule has 8 N–H and O–H groups in total. The molecule has 2 amide bonds. The molecule has 0 fully saturated rings. The van der Waals surface area contributed by atoms with Crippen LogP contribution in [0.15, 0.2) is 12.5 Å². The van der Waals surface area contributed by atoms with Crippen LogP contribution in [0.4, 0.5) is 22.1 Å². The monoisotopic (exact) mass is 302 g/mol. The molecule has 0 aliphatic rings. The highest BCUT2D eigenvalue weighted by atomic mass is 19.5. The molecule has 1 aromatic rings. The van der Waals surface area contributed by atoms with Gasteiger partial charge in [0.15, 0.2) is 0 Å². The zero-order valence-electron chi connectivity index (χ0n) is 9.97. The Labute approximate surface area is 110 Å². The summed E-state index contributed by atoms with van der Waals surface area (Å²) in [5.74, 6) is -1.00. The van der Waals surface area contributed by atoms with Crippen LogP contribution in [0.5, 0.6) is 0 Å². The summed E-state index contributed by atoms with van der Waals surface area (Å²) in [6.07, 6.45) is 3.34. The lowest BCUT2D eigenvalue weighted by molar-refractivity contribution is -0.138. The number of carboxylic acids is 1. The molecule has 1 atom stereocenters. The van der Waals surface area contributed by atoms with E-state index in [4.69, 9.17) is 15.6 Å². The fraction of sp³-hybridized carbons (Fsp3) is 0.286. The minimum Gasteiger partial charge on any atom is -0.480 e. The lowest BCUT2D eigenvalue weighted by Crippen LogP contribution is -2.32. The number of rotatable bonds is 3. The molecule has 1 heterocycles. The van der Waals surface area contributed by atoms with Crippen LogP contribution < -0.4 is 17.2 Å². The summed E-state index contributed by atoms with van der Waals surface area (Å²) < 4.78 is 39.0. The standard InChI is InChI=1S/C6H9N3O2.CH4N2O.BF4/c7-5(6(10)11)1-4-2-8-3-9-4;2-1(3)4;2-1(3,4)5/h2-3,5H,1,7H2,(H,8,9)(H,10,11);(H4,2,3,4);/q;;-1. The number of primary amides is 2. The zero-order chi connectivity index (χ0) is 16.3. The largest absolute Gasteiger partial charge is 0.673 e. The van der Waals surface area contributed by atoms with Gasteiger partial charge in [-0.1, -0.05) is 0 Å². The fourth-order valence-corrected chi connectivity index (χ4v) is 0.721. The highest BCUT2D eigenvalue weighted by molar-refractivity contribution is 6.50. The maximum atomic E-state index is 10.3. The van der Waals surface area contributed by atoms with Gasteiger partial charge < -0.3 is 44.6 Å². The van der Waals surface area contributed by atoms with Crippen molar-refractivity contribution in [3.63, 3.8) is 0 Å². The number of carboxylic acid groups (broad SMARTS) is 1. The number of carbonyl (C=O) groups is 2. The molecule has 0 aliphatic heterocycles. The molecular weight excluding hydrogens is 289 g/mol. The van der Waals surface area contributed by atoms with Gasteiger partial charge in [0.25, 0.3) is 0 Å². The van der Waals surface area contributed by atoms with Crippen molar-refractivity contribution >= 4 is 19.3 Å². The van der Waals surface area contributed by atoms with Crippen LogP contribution in [-0.2, 0) is 11.2 Å². The average molecular weight is 302 g/mol. The molecule has 0 aromatic carbocycles. The Kier molecular flexibility index (Phi) is 9.61. The smallest absolute Gasteiger partial charge is 0.480 e. The molecule has 1 aromatic heterocycles. The van der Waals surface area contributed by atoms with Crippen molar-refractivity contribution in [3.05, 3.63) is 18.2 Å². The first-order valence-electron chi connectivity index (χ1n) is 4.81. The molecule has 13 heteroatoms. The average Bonchev–Trinajstić information content (AvgIpc) is 2.66. The Balaban J connectivity index is 0. The normalized spacial score (nSPS) is 11.2. The Morgan fingerprint density at radius 3 is 2.00 bits per heavy atom. The van der Waals surface area contributed by atoms with Gasteiger partial charge in [0.2, 0.25) is 0 Å². The topological polar surface area (TPSA) is 161 Å². The number of nitrogens with one attached hydrogen (secondary N) is 1. The lowest BCUT2D eigenvalue weighted by Gasteiger charge is -2.02. The number of aromatic amines is 1. The third kappa shape index (κ3) is 21.0. The maximum absolute atomic E-state index is 10.3. The van der Waals surface area contributed by atoms with Crippen molar-refractivity contribution in [1.29, 1.82) is 0 Å². The number of nitrogens with two attached hydrogens (primary N) is 3. The Morgan fingerprint density at radius 2 is 1.75 bits per heavy atom. The predicted molar refractivity (Wildman–Crippen MR) is 61.9 cm³/mol. The number of imidazole rings is 1. The van der Waals surface area contributed by atoms with Gasteiger partial charge in [-0.2, -0.15) is 0 Å². The van der Waals surface area contributed by atoms with Gasteiger partial charge in [-0.3, -0.25) is 4.79 Å². The summed E-state index contributed by atoms with van der Waals surface area (Å²) in [6.45, 7) is 0. The number of urea groups is 1. The van der Waals surface area contributed by atoms with Crippen LogP contribution in [0.25, 0.3) is 0 Å². The number of nitrogens with zero attached hydrogens (tertiary/aromatic N) is 1. The van der Waals surface area contributed by atoms with Gasteiger partial charge in [0, 0.05) is 18.3 Å². The summed E-state index contributed by atoms with van der Waals surface area (Å²) in [5, 5.41) is 8.42. The number of hydrogen-bond donors (Lipinski definition) is 5. The summed E-state index contributed by atoms with van der Waals surface area (Å²) in [7, 11) is -6.00. The van der Waals surface area contributed by atoms with Crippen molar-refractivity contribution in [2.45, 2.75) is 12.5 Å². The van der Waals surface area contributed by atoms with Gasteiger partial charge >= 0.3 is 19.3 Å². The molecule has 1 rings (SSSR count). The molecule has 8 nitrogen and oxygen atoms in total. The SMILES string of the molecule is F[B-](F)(F)F.NC(Cc1cnc[nH]1)C(=O)O.NC(N)=O. The van der Waals surface area contributed by atoms with Gasteiger partial charge in [0.1, 0.15) is 6.04 Å². The molecule has 0 radical (unpaired) electrons. The lowest BCUT2D eigenvalue weighted by atomic mass is 10.2. The Bertz CT molecular complexity index is 390. The molecular formula is C7H13BF4N5O3-. The van der Waals surface area contributed by atoms with Crippen molar-refractivity contribution in [2.75, 3.05) is 0 Å². The first-order chi connectivity index (χ1) is 8.93. The number of H-pyrrole nitrogens is 1. The molecule has 20 heavy (non-hydrogen) atoms. The molecule has 0 aliphatic carbocycles. The number of aliphatic carboxylic acids is 1. The van der Waals surface area contributed by atoms with Crippen molar-refractivity contribution < 1.29 is 32.0 Å². The minimum atomic E-state index is -6.00. The van der Waals surface area contributed by atoms with Crippen LogP contribution in [0.2, 0.25) is 0 Å². The molecule has 1 unspecified atom stereocenters. The third-order valence-corrected chi connectivity index (χ3v) is 1.31. The number of halogens is 4. The first kappa shape index (κ1) is 20.0. The van der Waals surface area contributed by atoms with E-state index < -0.39 is 25.3 Å². The van der Waals surface area contributed by atoms with E-state index in [0.29, 0.717) is 0 Å². The third-order valence-electron chi connectivity index (χ3n) is 1.31. The van der Waals surface area contributed by atoms with E-state index in [1.807, 2.05) is 0 Å². The van der Waals surface area contributed by atoms with Gasteiger partial charge in [-0.05, 0) is 0 Å². The Morgan fingerprint density at radius 1 is 1.35 bits per heavy atom. The summed E-state index contributed by atoms with van der Waals surface area (Å²) >= 11 is 0. The number of carbonyl (C=O) groups excluding carboxylic acids is 1. The van der Waals surface area contributed by atoms with Gasteiger partial charge in [0.05, 0.1) is 6.33 Å². The van der Waals surface area contributed by atoms with Crippen LogP contribution >= 0.6 is 0 Å². The predicted octanol–water partition coefficient (Wildman–Crippen LogP) is -0.312. The van der Waals surface area contributed by atoms with E-state index in [2.05, 4.69) is 21.4 Å². The van der Waals surface area contributed by atoms with E-state index in [9.17, 15) is 22.1 Å². The van der Waals surface area contributed by atoms with Crippen molar-refractivity contribution in [2.24, 2.45) is 17.2 Å². The summed E-state index contributed by atoms with van der Waals surface area (Å²) in [5.41, 5.74) is 14.5. The van der Waals surface area contributed by atoms with Crippen molar-refractivity contribution in [1.82, 2.24) is 9.97 Å². The van der Waals surface area contributed by atoms with Crippen molar-refractivity contribution in [3.8, 4) is 0 Å². The molecule has 0 bridgehead atoms. The van der Waals surface area contributed by atoms with E-state index in [1.54, 1.807) is 6.20 Å². The molecule has 116 valence electrons. The Hall–Kier alpha value is -2.31. The second-order valence-corrected chi connectivity index (χ2v) is 3.12. The van der Waals surface area contributed by atoms with Crippen LogP contribution in [0.1, 0.15) is 5.69 Å². The van der Waals surface area contributed by atoms with E-state index in [-0.39, 0.29) is 6.42 Å². The fourth-order valence-electron chi connectivity index (χ4n) is 0.721. The molecule has 0 saturated carbocycles. The highest BCUT2D eigenvalue weighted by Crippen LogP contribution is 2.06. The molecule has 0 saturated heterocycles. The van der Waals surface area contributed by atoms with E-state index in [1.165, 1.54) is 6.33 Å². The quantitative estimate of drug-likeness (QED) is 0.381. The summed E-state index contributed by atoms with van der Waals surface area (Å²) in [6, 6.07) is -1.68. The maximum Gasteiger partial charge on any atom is 0.673 e. The van der Waals surface area contributed by atoms with Gasteiger partial charge in [-0.25, -0.2) is 9.78 Å². The second kappa shape index (κ2) is 9.60. The summed E-state index contributed by atoms with van der Waals surface area (Å²) in [4.78, 5) is 25.8. The van der Waals surface area contributed by atoms with E-state index >= 15 is 0 Å². The van der Waals surface area contributed by atoms with Crippen LogP contribution in [0.3, 0.4) is 0 Å². The number of hydrogen-bond acceptors (Lipinski definition) is 4. The second-order valence-electron chi connectivity index (χ2n) is 3.12. The molecule has 0 spiro atoms. The van der Waals surface area contributed by atoms with Crippen LogP contribution in [-0.4, -0.2) is 40.4 Å². The number of amides is 2. The number of aromatic nitrogens is 2. The van der Waals surface area contributed by atoms with Crippen LogP contribution in [0, 0.1) is 0 Å². The first-order valence-corrected chi connectivity index (χ1v) is 4.81. The highest BCUT2D eigenvalue weighted by Gasteiger charge is 2.20. The minimum absolute atomic E-state index is 0.287. The zero-order valence-corrected chi connectivity index (χ0v) is 9.97.